The van der Waals surface area contributed by atoms with Crippen molar-refractivity contribution in [3.8, 4) is 6.07 Å². The lowest BCUT2D eigenvalue weighted by Gasteiger charge is -2.11. The van der Waals surface area contributed by atoms with Crippen LogP contribution in [0.25, 0.3) is 0 Å². The van der Waals surface area contributed by atoms with Gasteiger partial charge in [-0.05, 0) is 31.0 Å². The van der Waals surface area contributed by atoms with Crippen LogP contribution in [-0.4, -0.2) is 9.97 Å². The Kier molecular flexibility index (Phi) is 5.18. The van der Waals surface area contributed by atoms with E-state index in [2.05, 4.69) is 29.9 Å². The summed E-state index contributed by atoms with van der Waals surface area (Å²) in [5.74, 6) is 0. The molecule has 21 heavy (non-hydrogen) atoms. The number of aromatic amines is 1. The van der Waals surface area contributed by atoms with Crippen LogP contribution >= 0.6 is 11.8 Å². The summed E-state index contributed by atoms with van der Waals surface area (Å²) >= 11 is 1.51. The van der Waals surface area contributed by atoms with Gasteiger partial charge in [0.2, 0.25) is 0 Å². The highest BCUT2D eigenvalue weighted by Crippen LogP contribution is 2.32. The minimum atomic E-state index is -0.108. The summed E-state index contributed by atoms with van der Waals surface area (Å²) < 4.78 is 0. The summed E-state index contributed by atoms with van der Waals surface area (Å²) in [6.45, 7) is 4.12. The summed E-state index contributed by atoms with van der Waals surface area (Å²) in [6, 6.07) is 11.1. The maximum Gasteiger partial charge on any atom is 0.251 e. The van der Waals surface area contributed by atoms with Gasteiger partial charge in [-0.2, -0.15) is 5.26 Å². The molecule has 0 fully saturated rings. The van der Waals surface area contributed by atoms with Gasteiger partial charge in [-0.25, -0.2) is 4.98 Å². The van der Waals surface area contributed by atoms with E-state index in [0.717, 1.165) is 24.1 Å². The van der Waals surface area contributed by atoms with E-state index < -0.39 is 0 Å². The Hall–Kier alpha value is -2.06. The average molecular weight is 299 g/mol. The number of H-pyrrole nitrogens is 1. The van der Waals surface area contributed by atoms with Gasteiger partial charge in [0.15, 0.2) is 5.16 Å². The van der Waals surface area contributed by atoms with E-state index in [1.165, 1.54) is 11.8 Å². The normalized spacial score (nSPS) is 11.9. The van der Waals surface area contributed by atoms with Crippen LogP contribution in [0.1, 0.15) is 42.3 Å². The van der Waals surface area contributed by atoms with Gasteiger partial charge in [-0.3, -0.25) is 4.79 Å². The Morgan fingerprint density at radius 1 is 1.38 bits per heavy atom. The second-order valence-corrected chi connectivity index (χ2v) is 6.12. The van der Waals surface area contributed by atoms with Crippen molar-refractivity contribution in [2.75, 3.05) is 0 Å². The van der Waals surface area contributed by atoms with Gasteiger partial charge in [0.25, 0.3) is 5.56 Å². The van der Waals surface area contributed by atoms with E-state index >= 15 is 0 Å². The van der Waals surface area contributed by atoms with Crippen LogP contribution in [-0.2, 0) is 6.42 Å². The van der Waals surface area contributed by atoms with Crippen LogP contribution in [0.5, 0.6) is 0 Å². The molecule has 1 aromatic carbocycles. The molecule has 1 aromatic heterocycles. The lowest BCUT2D eigenvalue weighted by atomic mass is 10.1. The predicted molar refractivity (Wildman–Crippen MR) is 84.3 cm³/mol. The third kappa shape index (κ3) is 4.20. The molecule has 108 valence electrons. The zero-order chi connectivity index (χ0) is 15.2. The largest absolute Gasteiger partial charge is 0.301 e. The Balaban J connectivity index is 2.16. The summed E-state index contributed by atoms with van der Waals surface area (Å²) in [5, 5.41) is 9.60. The molecule has 0 bridgehead atoms. The number of thioether (sulfide) groups is 1. The van der Waals surface area contributed by atoms with Gasteiger partial charge in [0, 0.05) is 17.0 Å². The van der Waals surface area contributed by atoms with E-state index in [0.29, 0.717) is 10.7 Å². The monoisotopic (exact) mass is 299 g/mol. The molecule has 0 saturated heterocycles. The van der Waals surface area contributed by atoms with Crippen LogP contribution in [0.15, 0.2) is 40.3 Å². The molecule has 0 aliphatic rings. The first-order chi connectivity index (χ1) is 10.1. The van der Waals surface area contributed by atoms with Gasteiger partial charge in [-0.15, -0.1) is 0 Å². The number of hydrogen-bond acceptors (Lipinski definition) is 4. The number of nitriles is 1. The molecule has 0 aliphatic carbocycles. The molecule has 2 aromatic rings. The minimum absolute atomic E-state index is 0.108. The second kappa shape index (κ2) is 7.09. The lowest BCUT2D eigenvalue weighted by Crippen LogP contribution is -2.10. The second-order valence-electron chi connectivity index (χ2n) is 4.79. The topological polar surface area (TPSA) is 69.5 Å². The first-order valence-corrected chi connectivity index (χ1v) is 7.77. The average Bonchev–Trinajstić information content (AvgIpc) is 2.47. The molecule has 1 N–H and O–H groups in total. The molecule has 0 radical (unpaired) electrons. The van der Waals surface area contributed by atoms with E-state index in [-0.39, 0.29) is 10.8 Å². The molecule has 0 saturated carbocycles. The van der Waals surface area contributed by atoms with E-state index in [1.54, 1.807) is 18.2 Å². The number of nitrogens with one attached hydrogen (secondary N) is 1. The van der Waals surface area contributed by atoms with Crippen molar-refractivity contribution in [2.45, 2.75) is 37.1 Å². The Morgan fingerprint density at radius 2 is 2.10 bits per heavy atom. The predicted octanol–water partition coefficient (Wildman–Crippen LogP) is 3.45. The van der Waals surface area contributed by atoms with Crippen LogP contribution in [0, 0.1) is 11.3 Å². The number of hydrogen-bond donors (Lipinski definition) is 1. The smallest absolute Gasteiger partial charge is 0.251 e. The standard InChI is InChI=1S/C16H17N3OS/c1-3-4-14-9-15(20)19-16(18-14)21-11(2)13-7-5-12(10-17)6-8-13/h5-9,11H,3-4H2,1-2H3,(H,18,19,20)/t11-/m1/s1. The van der Waals surface area contributed by atoms with Gasteiger partial charge in [0.1, 0.15) is 0 Å². The minimum Gasteiger partial charge on any atom is -0.301 e. The fourth-order valence-electron chi connectivity index (χ4n) is 1.99. The van der Waals surface area contributed by atoms with E-state index in [9.17, 15) is 4.79 Å². The SMILES string of the molecule is CCCc1cc(=O)[nH]c(S[C@H](C)c2ccc(C#N)cc2)n1. The molecule has 0 amide bonds. The highest BCUT2D eigenvalue weighted by atomic mass is 32.2. The molecule has 1 atom stereocenters. The molecule has 4 nitrogen and oxygen atoms in total. The van der Waals surface area contributed by atoms with Crippen LogP contribution < -0.4 is 5.56 Å². The number of nitrogens with zero attached hydrogens (tertiary/aromatic N) is 2. The third-order valence-electron chi connectivity index (χ3n) is 3.08. The number of benzene rings is 1. The van der Waals surface area contributed by atoms with Crippen LogP contribution in [0.4, 0.5) is 0 Å². The molecule has 1 heterocycles. The molecular weight excluding hydrogens is 282 g/mol. The van der Waals surface area contributed by atoms with Crippen molar-refractivity contribution in [1.82, 2.24) is 9.97 Å². The van der Waals surface area contributed by atoms with E-state index in [4.69, 9.17) is 5.26 Å². The molecular formula is C16H17N3OS. The summed E-state index contributed by atoms with van der Waals surface area (Å²) in [6.07, 6.45) is 1.77. The van der Waals surface area contributed by atoms with Crippen molar-refractivity contribution in [2.24, 2.45) is 0 Å². The first kappa shape index (κ1) is 15.3. The third-order valence-corrected chi connectivity index (χ3v) is 4.12. The lowest BCUT2D eigenvalue weighted by molar-refractivity contribution is 0.813. The summed E-state index contributed by atoms with van der Waals surface area (Å²) in [5.41, 5.74) is 2.47. The van der Waals surface area contributed by atoms with Crippen molar-refractivity contribution in [3.05, 3.63) is 57.5 Å². The molecule has 0 aliphatic heterocycles. The van der Waals surface area contributed by atoms with Crippen molar-refractivity contribution in [1.29, 1.82) is 5.26 Å². The number of aromatic nitrogens is 2. The van der Waals surface area contributed by atoms with Gasteiger partial charge < -0.3 is 4.98 Å². The van der Waals surface area contributed by atoms with Crippen molar-refractivity contribution < 1.29 is 0 Å². The molecule has 0 unspecified atom stereocenters. The van der Waals surface area contributed by atoms with Crippen LogP contribution in [0.3, 0.4) is 0 Å². The van der Waals surface area contributed by atoms with Crippen molar-refractivity contribution >= 4 is 11.8 Å². The Bertz CT molecular complexity index is 701. The maximum atomic E-state index is 11.6. The first-order valence-electron chi connectivity index (χ1n) is 6.89. The van der Waals surface area contributed by atoms with E-state index in [1.807, 2.05) is 12.1 Å². The van der Waals surface area contributed by atoms with Crippen LogP contribution in [0.2, 0.25) is 0 Å². The summed E-state index contributed by atoms with van der Waals surface area (Å²) in [7, 11) is 0. The van der Waals surface area contributed by atoms with Gasteiger partial charge in [0.05, 0.1) is 11.6 Å². The zero-order valence-corrected chi connectivity index (χ0v) is 12.9. The molecule has 5 heteroatoms. The fourth-order valence-corrected chi connectivity index (χ4v) is 2.95. The van der Waals surface area contributed by atoms with Crippen molar-refractivity contribution in [3.63, 3.8) is 0 Å². The Morgan fingerprint density at radius 3 is 2.71 bits per heavy atom. The van der Waals surface area contributed by atoms with Gasteiger partial charge >= 0.3 is 0 Å². The quantitative estimate of drug-likeness (QED) is 0.678. The summed E-state index contributed by atoms with van der Waals surface area (Å²) in [4.78, 5) is 18.9. The maximum absolute atomic E-state index is 11.6. The zero-order valence-electron chi connectivity index (χ0n) is 12.1. The highest BCUT2D eigenvalue weighted by molar-refractivity contribution is 7.99. The molecule has 0 spiro atoms. The Labute approximate surface area is 128 Å². The number of rotatable bonds is 5. The highest BCUT2D eigenvalue weighted by Gasteiger charge is 2.10. The van der Waals surface area contributed by atoms with Gasteiger partial charge in [-0.1, -0.05) is 37.2 Å². The fraction of sp³-hybridized carbons (Fsp3) is 0.312. The molecule has 2 rings (SSSR count). The number of aryl methyl sites for hydroxylation is 1.